The molecule has 31 heavy (non-hydrogen) atoms. The first-order valence-corrected chi connectivity index (χ1v) is 10.7. The molecule has 0 fully saturated rings. The van der Waals surface area contributed by atoms with Gasteiger partial charge in [-0.15, -0.1) is 0 Å². The fourth-order valence-electron chi connectivity index (χ4n) is 3.08. The number of hydrogen-bond donors (Lipinski definition) is 0. The predicted octanol–water partition coefficient (Wildman–Crippen LogP) is 3.94. The first-order valence-electron chi connectivity index (χ1n) is 9.33. The second-order valence-corrected chi connectivity index (χ2v) is 8.40. The van der Waals surface area contributed by atoms with E-state index in [2.05, 4.69) is 23.7 Å². The normalized spacial score (nSPS) is 13.6. The molecule has 0 aliphatic carbocycles. The van der Waals surface area contributed by atoms with E-state index in [1.54, 1.807) is 24.3 Å². The third kappa shape index (κ3) is 4.37. The van der Waals surface area contributed by atoms with Crippen molar-refractivity contribution in [2.45, 2.75) is 0 Å². The summed E-state index contributed by atoms with van der Waals surface area (Å²) in [6, 6.07) is 18.3. The van der Waals surface area contributed by atoms with Gasteiger partial charge >= 0.3 is 10.2 Å². The molecular weight excluding hydrogens is 418 g/mol. The van der Waals surface area contributed by atoms with Crippen molar-refractivity contribution >= 4 is 21.6 Å². The molecule has 0 unspecified atom stereocenters. The molecule has 0 atom stereocenters. The lowest BCUT2D eigenvalue weighted by molar-refractivity contribution is 0.593. The molecule has 0 amide bonds. The van der Waals surface area contributed by atoms with Crippen LogP contribution in [0.5, 0.6) is 0 Å². The van der Waals surface area contributed by atoms with E-state index in [1.807, 2.05) is 0 Å². The molecule has 4 nitrogen and oxygen atoms in total. The monoisotopic (exact) mass is 434 g/mol. The Morgan fingerprint density at radius 2 is 1.03 bits per heavy atom. The Morgan fingerprint density at radius 3 is 1.42 bits per heavy atom. The number of benzene rings is 3. The number of hydrogen-bond acceptors (Lipinski definition) is 2. The van der Waals surface area contributed by atoms with E-state index in [9.17, 15) is 17.2 Å². The van der Waals surface area contributed by atoms with Gasteiger partial charge in [0, 0.05) is 11.1 Å². The number of fused-ring (bicyclic) bond motifs is 1. The van der Waals surface area contributed by atoms with Gasteiger partial charge < -0.3 is 0 Å². The van der Waals surface area contributed by atoms with E-state index in [-0.39, 0.29) is 24.7 Å². The number of rotatable bonds is 2. The van der Waals surface area contributed by atoms with Gasteiger partial charge in [-0.3, -0.25) is 0 Å². The molecule has 1 aliphatic rings. The fraction of sp³-hybridized carbons (Fsp3) is 0.0833. The van der Waals surface area contributed by atoms with E-state index >= 15 is 0 Å². The van der Waals surface area contributed by atoms with Crippen LogP contribution in [-0.4, -0.2) is 21.5 Å². The van der Waals surface area contributed by atoms with E-state index < -0.39 is 10.2 Å². The molecule has 7 heteroatoms. The minimum atomic E-state index is -3.87. The lowest BCUT2D eigenvalue weighted by Crippen LogP contribution is -2.38. The van der Waals surface area contributed by atoms with Crippen LogP contribution in [0.15, 0.2) is 72.8 Å². The zero-order valence-corrected chi connectivity index (χ0v) is 17.0. The zero-order chi connectivity index (χ0) is 21.8. The van der Waals surface area contributed by atoms with Gasteiger partial charge in [-0.05, 0) is 60.7 Å². The van der Waals surface area contributed by atoms with Crippen molar-refractivity contribution in [1.29, 1.82) is 0 Å². The van der Waals surface area contributed by atoms with Gasteiger partial charge in [0.2, 0.25) is 0 Å². The number of nitrogens with zero attached hydrogens (tertiary/aromatic N) is 2. The third-order valence-corrected chi connectivity index (χ3v) is 6.34. The van der Waals surface area contributed by atoms with E-state index in [4.69, 9.17) is 0 Å². The molecule has 0 saturated carbocycles. The van der Waals surface area contributed by atoms with Crippen LogP contribution in [0.1, 0.15) is 11.1 Å². The average Bonchev–Trinajstić information content (AvgIpc) is 2.97. The van der Waals surface area contributed by atoms with Crippen LogP contribution in [0.25, 0.3) is 0 Å². The quantitative estimate of drug-likeness (QED) is 0.574. The Hall–Kier alpha value is -3.81. The average molecular weight is 434 g/mol. The summed E-state index contributed by atoms with van der Waals surface area (Å²) < 4.78 is 54.8. The summed E-state index contributed by atoms with van der Waals surface area (Å²) in [6.45, 7) is -0.114. The highest BCUT2D eigenvalue weighted by molar-refractivity contribution is 7.94. The predicted molar refractivity (Wildman–Crippen MR) is 117 cm³/mol. The minimum Gasteiger partial charge on any atom is -0.239 e. The molecule has 1 heterocycles. The molecule has 154 valence electrons. The van der Waals surface area contributed by atoms with Gasteiger partial charge in [0.15, 0.2) is 0 Å². The van der Waals surface area contributed by atoms with Gasteiger partial charge in [-0.25, -0.2) is 17.4 Å². The summed E-state index contributed by atoms with van der Waals surface area (Å²) in [5, 5.41) is 0. The molecule has 0 spiro atoms. The van der Waals surface area contributed by atoms with Crippen LogP contribution >= 0.6 is 0 Å². The van der Waals surface area contributed by atoms with Crippen LogP contribution < -0.4 is 8.61 Å². The number of halogens is 2. The number of anilines is 2. The van der Waals surface area contributed by atoms with Crippen LogP contribution in [0.3, 0.4) is 0 Å². The molecule has 0 saturated heterocycles. The van der Waals surface area contributed by atoms with Gasteiger partial charge in [0.1, 0.15) is 11.6 Å². The highest BCUT2D eigenvalue weighted by atomic mass is 32.2. The standard InChI is InChI=1S/C24H16F2N2O2S/c25-21-13-9-19(10-14-21)5-3-17-27-23-7-1-2-8-24(23)28(31(27,29)30)18-4-6-20-11-15-22(26)16-12-20/h1-2,7-16H,17-18H2. The summed E-state index contributed by atoms with van der Waals surface area (Å²) in [4.78, 5) is 0. The van der Waals surface area contributed by atoms with Crippen molar-refractivity contribution in [2.75, 3.05) is 21.7 Å². The van der Waals surface area contributed by atoms with Crippen molar-refractivity contribution in [2.24, 2.45) is 0 Å². The Balaban J connectivity index is 1.57. The first kappa shape index (κ1) is 20.5. The fourth-order valence-corrected chi connectivity index (χ4v) is 4.58. The highest BCUT2D eigenvalue weighted by Crippen LogP contribution is 2.39. The highest BCUT2D eigenvalue weighted by Gasteiger charge is 2.39. The van der Waals surface area contributed by atoms with Gasteiger partial charge in [0.05, 0.1) is 24.5 Å². The molecule has 1 aliphatic heterocycles. The molecule has 4 rings (SSSR count). The largest absolute Gasteiger partial charge is 0.328 e. The molecule has 3 aromatic carbocycles. The topological polar surface area (TPSA) is 40.6 Å². The van der Waals surface area contributed by atoms with Crippen molar-refractivity contribution in [1.82, 2.24) is 0 Å². The van der Waals surface area contributed by atoms with Crippen molar-refractivity contribution in [3.63, 3.8) is 0 Å². The SMILES string of the molecule is O=S1(=O)N(CC#Cc2ccc(F)cc2)c2ccccc2N1CC#Cc1ccc(F)cc1. The summed E-state index contributed by atoms with van der Waals surface area (Å²) in [5.74, 6) is 10.7. The molecule has 0 radical (unpaired) electrons. The molecule has 0 aromatic heterocycles. The Kier molecular flexibility index (Phi) is 5.62. The van der Waals surface area contributed by atoms with Crippen LogP contribution in [0.4, 0.5) is 20.2 Å². The second-order valence-electron chi connectivity index (χ2n) is 6.63. The Bertz CT molecular complexity index is 1230. The third-order valence-electron chi connectivity index (χ3n) is 4.58. The van der Waals surface area contributed by atoms with Crippen molar-refractivity contribution in [3.05, 3.63) is 95.6 Å². The summed E-state index contributed by atoms with van der Waals surface area (Å²) in [5.41, 5.74) is 2.21. The summed E-state index contributed by atoms with van der Waals surface area (Å²) in [7, 11) is -3.87. The zero-order valence-electron chi connectivity index (χ0n) is 16.2. The first-order chi connectivity index (χ1) is 14.9. The van der Waals surface area contributed by atoms with E-state index in [0.717, 1.165) is 0 Å². The number of para-hydroxylation sites is 2. The smallest absolute Gasteiger partial charge is 0.239 e. The van der Waals surface area contributed by atoms with Gasteiger partial charge in [-0.2, -0.15) is 8.42 Å². The van der Waals surface area contributed by atoms with Crippen LogP contribution in [-0.2, 0) is 10.2 Å². The van der Waals surface area contributed by atoms with E-state index in [0.29, 0.717) is 22.5 Å². The maximum Gasteiger partial charge on any atom is 0.328 e. The maximum atomic E-state index is 13.1. The summed E-state index contributed by atoms with van der Waals surface area (Å²) in [6.07, 6.45) is 0. The minimum absolute atomic E-state index is 0.0569. The molecule has 0 N–H and O–H groups in total. The Labute approximate surface area is 179 Å². The molecule has 0 bridgehead atoms. The van der Waals surface area contributed by atoms with Gasteiger partial charge in [-0.1, -0.05) is 35.8 Å². The van der Waals surface area contributed by atoms with Gasteiger partial charge in [0.25, 0.3) is 0 Å². The Morgan fingerprint density at radius 1 is 0.645 bits per heavy atom. The molecule has 3 aromatic rings. The second kappa shape index (κ2) is 8.51. The lowest BCUT2D eigenvalue weighted by Gasteiger charge is -2.18. The van der Waals surface area contributed by atoms with Crippen molar-refractivity contribution < 1.29 is 17.2 Å². The van der Waals surface area contributed by atoms with Crippen molar-refractivity contribution in [3.8, 4) is 23.7 Å². The maximum absolute atomic E-state index is 13.1. The molecular formula is C24H16F2N2O2S. The van der Waals surface area contributed by atoms with Crippen LogP contribution in [0.2, 0.25) is 0 Å². The lowest BCUT2D eigenvalue weighted by atomic mass is 10.2. The van der Waals surface area contributed by atoms with E-state index in [1.165, 1.54) is 57.1 Å². The summed E-state index contributed by atoms with van der Waals surface area (Å²) >= 11 is 0. The van der Waals surface area contributed by atoms with Crippen LogP contribution in [0, 0.1) is 35.3 Å².